The third kappa shape index (κ3) is 6.91. The van der Waals surface area contributed by atoms with E-state index in [9.17, 15) is 30.6 Å². The van der Waals surface area contributed by atoms with Gasteiger partial charge in [0.1, 0.15) is 49.0 Å². The van der Waals surface area contributed by atoms with E-state index in [2.05, 4.69) is 10.6 Å². The quantitative estimate of drug-likeness (QED) is 0.178. The zero-order valence-corrected chi connectivity index (χ0v) is 20.3. The Morgan fingerprint density at radius 3 is 1.81 bits per heavy atom. The summed E-state index contributed by atoms with van der Waals surface area (Å²) < 4.78 is 17.1. The van der Waals surface area contributed by atoms with Gasteiger partial charge in [-0.1, -0.05) is 60.7 Å². The minimum Gasteiger partial charge on any atom is -0.394 e. The topological polar surface area (TPSA) is 173 Å². The summed E-state index contributed by atoms with van der Waals surface area (Å²) >= 11 is 0. The molecule has 2 heterocycles. The molecule has 2 fully saturated rings. The SMILES string of the molecule is OCC1O[C@H](OCC2O[C@@H](NCc3ccccc3)[C@@H](NCc3ccccc3)C(O)[C@@H]2O)[C@@H](O)C(O)[C@@H]1O. The largest absolute Gasteiger partial charge is 0.394 e. The van der Waals surface area contributed by atoms with Crippen molar-refractivity contribution in [3.8, 4) is 0 Å². The average Bonchev–Trinajstić information content (AvgIpc) is 2.93. The van der Waals surface area contributed by atoms with E-state index >= 15 is 0 Å². The fourth-order valence-corrected chi connectivity index (χ4v) is 4.55. The van der Waals surface area contributed by atoms with Crippen LogP contribution in [-0.4, -0.2) is 105 Å². The Morgan fingerprint density at radius 1 is 0.649 bits per heavy atom. The Kier molecular flexibility index (Phi) is 9.98. The molecule has 0 bridgehead atoms. The van der Waals surface area contributed by atoms with Crippen molar-refractivity contribution in [2.45, 2.75) is 74.4 Å². The van der Waals surface area contributed by atoms with Crippen LogP contribution in [0.3, 0.4) is 0 Å². The average molecular weight is 521 g/mol. The molecule has 2 saturated heterocycles. The van der Waals surface area contributed by atoms with E-state index in [4.69, 9.17) is 14.2 Å². The molecule has 0 spiro atoms. The molecule has 37 heavy (non-hydrogen) atoms. The molecule has 0 aromatic heterocycles. The highest BCUT2D eigenvalue weighted by Gasteiger charge is 2.47. The lowest BCUT2D eigenvalue weighted by Crippen LogP contribution is -2.67. The van der Waals surface area contributed by atoms with Crippen molar-refractivity contribution in [3.05, 3.63) is 71.8 Å². The van der Waals surface area contributed by atoms with Gasteiger partial charge in [-0.15, -0.1) is 0 Å². The number of aliphatic hydroxyl groups is 6. The van der Waals surface area contributed by atoms with Crippen LogP contribution in [0.2, 0.25) is 0 Å². The highest BCUT2D eigenvalue weighted by molar-refractivity contribution is 5.16. The molecule has 2 aromatic carbocycles. The van der Waals surface area contributed by atoms with Gasteiger partial charge >= 0.3 is 0 Å². The number of hydrogen-bond acceptors (Lipinski definition) is 11. The summed E-state index contributed by atoms with van der Waals surface area (Å²) in [5, 5.41) is 68.0. The van der Waals surface area contributed by atoms with Crippen LogP contribution in [-0.2, 0) is 27.3 Å². The van der Waals surface area contributed by atoms with E-state index in [1.165, 1.54) is 0 Å². The van der Waals surface area contributed by atoms with Crippen LogP contribution >= 0.6 is 0 Å². The normalized spacial score (nSPS) is 36.4. The van der Waals surface area contributed by atoms with Gasteiger partial charge in [0.15, 0.2) is 6.29 Å². The summed E-state index contributed by atoms with van der Waals surface area (Å²) in [6.45, 7) is -0.00547. The molecule has 11 heteroatoms. The Morgan fingerprint density at radius 2 is 1.22 bits per heavy atom. The van der Waals surface area contributed by atoms with Gasteiger partial charge in [0.05, 0.1) is 19.3 Å². The monoisotopic (exact) mass is 520 g/mol. The molecular weight excluding hydrogens is 484 g/mol. The van der Waals surface area contributed by atoms with Gasteiger partial charge in [0.2, 0.25) is 0 Å². The molecule has 2 aliphatic rings. The second-order valence-corrected chi connectivity index (χ2v) is 9.37. The van der Waals surface area contributed by atoms with Gasteiger partial charge in [0.25, 0.3) is 0 Å². The molecule has 0 saturated carbocycles. The van der Waals surface area contributed by atoms with Gasteiger partial charge in [-0.05, 0) is 11.1 Å². The standard InChI is InChI=1S/C26H36N2O9/c29-13-17-20(30)23(33)24(34)26(37-17)35-14-18-21(31)22(32)19(27-11-15-7-3-1-4-8-15)25(36-18)28-12-16-9-5-2-6-10-16/h1-10,17-34H,11-14H2/t17?,18?,19-,20+,21+,22?,23?,24-,25+,26-/m0/s1. The van der Waals surface area contributed by atoms with E-state index in [0.29, 0.717) is 13.1 Å². The van der Waals surface area contributed by atoms with Gasteiger partial charge in [0, 0.05) is 13.1 Å². The van der Waals surface area contributed by atoms with E-state index in [0.717, 1.165) is 11.1 Å². The summed E-state index contributed by atoms with van der Waals surface area (Å²) in [6, 6.07) is 18.6. The number of hydrogen-bond donors (Lipinski definition) is 8. The number of nitrogens with one attached hydrogen (secondary N) is 2. The summed E-state index contributed by atoms with van der Waals surface area (Å²) in [4.78, 5) is 0. The van der Waals surface area contributed by atoms with Crippen molar-refractivity contribution in [1.29, 1.82) is 0 Å². The lowest BCUT2D eigenvalue weighted by molar-refractivity contribution is -0.312. The van der Waals surface area contributed by atoms with Crippen LogP contribution in [0, 0.1) is 0 Å². The number of benzene rings is 2. The summed E-state index contributed by atoms with van der Waals surface area (Å²) in [6.07, 6.45) is -11.5. The predicted molar refractivity (Wildman–Crippen MR) is 131 cm³/mol. The smallest absolute Gasteiger partial charge is 0.186 e. The van der Waals surface area contributed by atoms with Crippen LogP contribution in [0.4, 0.5) is 0 Å². The second-order valence-electron chi connectivity index (χ2n) is 9.37. The molecule has 2 aliphatic heterocycles. The summed E-state index contributed by atoms with van der Waals surface area (Å²) in [5.41, 5.74) is 2.00. The molecule has 10 atom stereocenters. The van der Waals surface area contributed by atoms with E-state index in [-0.39, 0.29) is 6.61 Å². The van der Waals surface area contributed by atoms with Crippen LogP contribution in [0.25, 0.3) is 0 Å². The number of rotatable bonds is 10. The lowest BCUT2D eigenvalue weighted by Gasteiger charge is -2.44. The molecule has 4 unspecified atom stereocenters. The molecule has 0 radical (unpaired) electrons. The zero-order valence-electron chi connectivity index (χ0n) is 20.3. The first kappa shape index (κ1) is 28.0. The first-order valence-electron chi connectivity index (χ1n) is 12.4. The Balaban J connectivity index is 1.43. The van der Waals surface area contributed by atoms with E-state index in [1.807, 2.05) is 60.7 Å². The molecular formula is C26H36N2O9. The molecule has 4 rings (SSSR count). The molecule has 204 valence electrons. The van der Waals surface area contributed by atoms with Crippen LogP contribution in [0.5, 0.6) is 0 Å². The maximum Gasteiger partial charge on any atom is 0.186 e. The third-order valence-corrected chi connectivity index (χ3v) is 6.75. The minimum atomic E-state index is -1.59. The Hall–Kier alpha value is -2.00. The van der Waals surface area contributed by atoms with Gasteiger partial charge in [-0.3, -0.25) is 5.32 Å². The van der Waals surface area contributed by atoms with Crippen molar-refractivity contribution < 1.29 is 44.8 Å². The predicted octanol–water partition coefficient (Wildman–Crippen LogP) is -1.80. The molecule has 0 aliphatic carbocycles. The van der Waals surface area contributed by atoms with Crippen LogP contribution < -0.4 is 10.6 Å². The number of aliphatic hydroxyl groups excluding tert-OH is 6. The highest BCUT2D eigenvalue weighted by atomic mass is 16.7. The molecule has 2 aromatic rings. The van der Waals surface area contributed by atoms with Crippen molar-refractivity contribution in [1.82, 2.24) is 10.6 Å². The second kappa shape index (κ2) is 13.2. The van der Waals surface area contributed by atoms with Crippen molar-refractivity contribution in [2.75, 3.05) is 13.2 Å². The van der Waals surface area contributed by atoms with Crippen molar-refractivity contribution >= 4 is 0 Å². The van der Waals surface area contributed by atoms with Crippen molar-refractivity contribution in [3.63, 3.8) is 0 Å². The summed E-state index contributed by atoms with van der Waals surface area (Å²) in [5.74, 6) is 0. The van der Waals surface area contributed by atoms with Crippen LogP contribution in [0.15, 0.2) is 60.7 Å². The van der Waals surface area contributed by atoms with Crippen molar-refractivity contribution in [2.24, 2.45) is 0 Å². The minimum absolute atomic E-state index is 0.296. The Labute approximate surface area is 215 Å². The molecule has 11 nitrogen and oxygen atoms in total. The van der Waals surface area contributed by atoms with Gasteiger partial charge in [-0.2, -0.15) is 0 Å². The highest BCUT2D eigenvalue weighted by Crippen LogP contribution is 2.25. The zero-order chi connectivity index (χ0) is 26.4. The lowest BCUT2D eigenvalue weighted by atomic mass is 9.95. The molecule has 8 N–H and O–H groups in total. The van der Waals surface area contributed by atoms with E-state index in [1.54, 1.807) is 0 Å². The molecule has 0 amide bonds. The Bertz CT molecular complexity index is 938. The first-order chi connectivity index (χ1) is 17.9. The van der Waals surface area contributed by atoms with Gasteiger partial charge in [-0.25, -0.2) is 0 Å². The van der Waals surface area contributed by atoms with Crippen LogP contribution in [0.1, 0.15) is 11.1 Å². The third-order valence-electron chi connectivity index (χ3n) is 6.75. The van der Waals surface area contributed by atoms with E-state index < -0.39 is 67.9 Å². The fraction of sp³-hybridized carbons (Fsp3) is 0.538. The maximum atomic E-state index is 11.0. The first-order valence-corrected chi connectivity index (χ1v) is 12.4. The number of ether oxygens (including phenoxy) is 3. The fourth-order valence-electron chi connectivity index (χ4n) is 4.55. The summed E-state index contributed by atoms with van der Waals surface area (Å²) in [7, 11) is 0. The maximum absolute atomic E-state index is 11.0. The van der Waals surface area contributed by atoms with Gasteiger partial charge < -0.3 is 50.2 Å².